The van der Waals surface area contributed by atoms with E-state index in [9.17, 15) is 9.18 Å². The number of carbonyl (C=O) groups excluding carboxylic acids is 1. The number of halogens is 1. The number of rotatable bonds is 5. The molecule has 0 saturated carbocycles. The molecule has 4 rings (SSSR count). The number of hydrazone groups is 1. The molecule has 5 nitrogen and oxygen atoms in total. The zero-order valence-corrected chi connectivity index (χ0v) is 15.6. The van der Waals surface area contributed by atoms with Crippen molar-refractivity contribution < 1.29 is 13.9 Å². The van der Waals surface area contributed by atoms with E-state index in [0.29, 0.717) is 22.2 Å². The predicted octanol–water partition coefficient (Wildman–Crippen LogP) is 4.75. The molecule has 0 atom stereocenters. The van der Waals surface area contributed by atoms with Crippen molar-refractivity contribution in [2.24, 2.45) is 5.10 Å². The Morgan fingerprint density at radius 1 is 1.07 bits per heavy atom. The molecule has 144 valence electrons. The molecule has 0 aliphatic rings. The van der Waals surface area contributed by atoms with Crippen molar-refractivity contribution in [3.63, 3.8) is 0 Å². The third kappa shape index (κ3) is 3.87. The topological polar surface area (TPSA) is 66.5 Å². The Morgan fingerprint density at radius 3 is 2.55 bits per heavy atom. The molecule has 0 bridgehead atoms. The summed E-state index contributed by atoms with van der Waals surface area (Å²) in [5.41, 5.74) is 5.80. The normalized spacial score (nSPS) is 11.1. The lowest BCUT2D eigenvalue weighted by Crippen LogP contribution is -2.18. The number of aromatic amines is 1. The van der Waals surface area contributed by atoms with Gasteiger partial charge in [-0.25, -0.2) is 9.82 Å². The van der Waals surface area contributed by atoms with Crippen molar-refractivity contribution >= 4 is 23.0 Å². The van der Waals surface area contributed by atoms with Gasteiger partial charge in [-0.05, 0) is 53.6 Å². The third-order valence-corrected chi connectivity index (χ3v) is 4.55. The van der Waals surface area contributed by atoms with Crippen molar-refractivity contribution in [3.8, 4) is 16.9 Å². The number of fused-ring (bicyclic) bond motifs is 1. The fourth-order valence-electron chi connectivity index (χ4n) is 3.15. The molecule has 0 spiro atoms. The van der Waals surface area contributed by atoms with Crippen molar-refractivity contribution in [1.82, 2.24) is 10.4 Å². The molecule has 1 heterocycles. The van der Waals surface area contributed by atoms with Crippen LogP contribution in [0.15, 0.2) is 77.9 Å². The number of carbonyl (C=O) groups is 1. The van der Waals surface area contributed by atoms with Crippen molar-refractivity contribution in [3.05, 3.63) is 89.9 Å². The Hall–Kier alpha value is -3.93. The number of hydrogen-bond acceptors (Lipinski definition) is 3. The molecule has 2 N–H and O–H groups in total. The van der Waals surface area contributed by atoms with E-state index >= 15 is 0 Å². The van der Waals surface area contributed by atoms with E-state index in [-0.39, 0.29) is 5.82 Å². The molecule has 0 aliphatic heterocycles. The van der Waals surface area contributed by atoms with Gasteiger partial charge in [0.25, 0.3) is 5.91 Å². The molecule has 0 fully saturated rings. The first-order valence-corrected chi connectivity index (χ1v) is 9.00. The minimum absolute atomic E-state index is 0.323. The van der Waals surface area contributed by atoms with E-state index in [1.807, 2.05) is 54.6 Å². The highest BCUT2D eigenvalue weighted by atomic mass is 19.1. The maximum atomic E-state index is 13.8. The number of methoxy groups -OCH3 is 1. The Kier molecular flexibility index (Phi) is 5.07. The minimum Gasteiger partial charge on any atom is -0.497 e. The largest absolute Gasteiger partial charge is 0.497 e. The van der Waals surface area contributed by atoms with Gasteiger partial charge >= 0.3 is 0 Å². The quantitative estimate of drug-likeness (QED) is 0.383. The molecular weight excluding hydrogens is 369 g/mol. The van der Waals surface area contributed by atoms with Crippen molar-refractivity contribution in [1.29, 1.82) is 0 Å². The van der Waals surface area contributed by atoms with E-state index < -0.39 is 5.91 Å². The SMILES string of the molecule is COc1ccc(/C=N/NC(=O)c2[nH]c3ccc(F)cc3c2-c2ccccc2)cc1. The lowest BCUT2D eigenvalue weighted by atomic mass is 10.0. The van der Waals surface area contributed by atoms with Crippen LogP contribution in [0.3, 0.4) is 0 Å². The number of ether oxygens (including phenoxy) is 1. The zero-order chi connectivity index (χ0) is 20.2. The fourth-order valence-corrected chi connectivity index (χ4v) is 3.15. The number of H-pyrrole nitrogens is 1. The summed E-state index contributed by atoms with van der Waals surface area (Å²) in [5, 5.41) is 4.68. The molecule has 3 aromatic carbocycles. The summed E-state index contributed by atoms with van der Waals surface area (Å²) < 4.78 is 19.0. The number of benzene rings is 3. The lowest BCUT2D eigenvalue weighted by molar-refractivity contribution is 0.0951. The van der Waals surface area contributed by atoms with Crippen LogP contribution in [-0.4, -0.2) is 24.2 Å². The highest BCUT2D eigenvalue weighted by Gasteiger charge is 2.19. The molecule has 29 heavy (non-hydrogen) atoms. The monoisotopic (exact) mass is 387 g/mol. The minimum atomic E-state index is -0.412. The van der Waals surface area contributed by atoms with Crippen molar-refractivity contribution in [2.75, 3.05) is 7.11 Å². The Morgan fingerprint density at radius 2 is 1.83 bits per heavy atom. The highest BCUT2D eigenvalue weighted by Crippen LogP contribution is 2.32. The standard InChI is InChI=1S/C23H18FN3O2/c1-29-18-10-7-15(8-11-18)14-25-27-23(28)22-21(16-5-3-2-4-6-16)19-13-17(24)9-12-20(19)26-22/h2-14,26H,1H3,(H,27,28)/b25-14+. The van der Waals surface area contributed by atoms with E-state index in [4.69, 9.17) is 4.74 Å². The third-order valence-electron chi connectivity index (χ3n) is 4.55. The average Bonchev–Trinajstić information content (AvgIpc) is 3.13. The first-order chi connectivity index (χ1) is 14.2. The average molecular weight is 387 g/mol. The van der Waals surface area contributed by atoms with Gasteiger partial charge in [0.15, 0.2) is 0 Å². The van der Waals surface area contributed by atoms with Gasteiger partial charge in [-0.2, -0.15) is 5.10 Å². The molecule has 0 saturated heterocycles. The summed E-state index contributed by atoms with van der Waals surface area (Å²) in [5.74, 6) is -0.0348. The number of nitrogens with one attached hydrogen (secondary N) is 2. The molecule has 6 heteroatoms. The van der Waals surface area contributed by atoms with Crippen LogP contribution in [0.2, 0.25) is 0 Å². The van der Waals surface area contributed by atoms with E-state index in [2.05, 4.69) is 15.5 Å². The van der Waals surface area contributed by atoms with Crippen LogP contribution in [-0.2, 0) is 0 Å². The summed E-state index contributed by atoms with van der Waals surface area (Å²) in [7, 11) is 1.60. The second-order valence-electron chi connectivity index (χ2n) is 6.40. The second-order valence-corrected chi connectivity index (χ2v) is 6.40. The molecule has 1 amide bonds. The Labute approximate surface area is 166 Å². The van der Waals surface area contributed by atoms with Crippen LogP contribution in [0, 0.1) is 5.82 Å². The number of aromatic nitrogens is 1. The van der Waals surface area contributed by atoms with E-state index in [1.54, 1.807) is 19.4 Å². The summed E-state index contributed by atoms with van der Waals surface area (Å²) in [6.07, 6.45) is 1.54. The second kappa shape index (κ2) is 7.98. The highest BCUT2D eigenvalue weighted by molar-refractivity contribution is 6.09. The Balaban J connectivity index is 1.65. The lowest BCUT2D eigenvalue weighted by Gasteiger charge is -2.04. The summed E-state index contributed by atoms with van der Waals surface area (Å²) in [4.78, 5) is 15.9. The Bertz CT molecular complexity index is 1180. The van der Waals surface area contributed by atoms with Crippen LogP contribution in [0.25, 0.3) is 22.0 Å². The van der Waals surface area contributed by atoms with Gasteiger partial charge in [-0.1, -0.05) is 30.3 Å². The van der Waals surface area contributed by atoms with Crippen LogP contribution in [0.4, 0.5) is 4.39 Å². The molecule has 0 radical (unpaired) electrons. The molecule has 0 unspecified atom stereocenters. The zero-order valence-electron chi connectivity index (χ0n) is 15.6. The van der Waals surface area contributed by atoms with Gasteiger partial charge in [-0.15, -0.1) is 0 Å². The smallest absolute Gasteiger partial charge is 0.288 e. The number of amides is 1. The molecule has 4 aromatic rings. The van der Waals surface area contributed by atoms with Crippen LogP contribution in [0.5, 0.6) is 5.75 Å². The molecule has 1 aromatic heterocycles. The van der Waals surface area contributed by atoms with Gasteiger partial charge in [0.05, 0.1) is 13.3 Å². The number of hydrogen-bond donors (Lipinski definition) is 2. The first kappa shape index (κ1) is 18.4. The van der Waals surface area contributed by atoms with E-state index in [0.717, 1.165) is 16.9 Å². The summed E-state index contributed by atoms with van der Waals surface area (Å²) in [6, 6.07) is 21.1. The van der Waals surface area contributed by atoms with Gasteiger partial charge in [0.1, 0.15) is 17.3 Å². The van der Waals surface area contributed by atoms with Crippen LogP contribution in [0.1, 0.15) is 16.1 Å². The van der Waals surface area contributed by atoms with Gasteiger partial charge in [0.2, 0.25) is 0 Å². The van der Waals surface area contributed by atoms with Gasteiger partial charge in [0, 0.05) is 16.5 Å². The number of nitrogens with zero attached hydrogens (tertiary/aromatic N) is 1. The molecular formula is C23H18FN3O2. The summed E-state index contributed by atoms with van der Waals surface area (Å²) >= 11 is 0. The van der Waals surface area contributed by atoms with Crippen LogP contribution >= 0.6 is 0 Å². The van der Waals surface area contributed by atoms with Gasteiger partial charge < -0.3 is 9.72 Å². The van der Waals surface area contributed by atoms with Crippen molar-refractivity contribution in [2.45, 2.75) is 0 Å². The maximum absolute atomic E-state index is 13.8. The van der Waals surface area contributed by atoms with Gasteiger partial charge in [-0.3, -0.25) is 4.79 Å². The molecule has 0 aliphatic carbocycles. The van der Waals surface area contributed by atoms with E-state index in [1.165, 1.54) is 12.1 Å². The first-order valence-electron chi connectivity index (χ1n) is 9.00. The maximum Gasteiger partial charge on any atom is 0.288 e. The summed E-state index contributed by atoms with van der Waals surface area (Å²) in [6.45, 7) is 0. The fraction of sp³-hybridized carbons (Fsp3) is 0.0435. The van der Waals surface area contributed by atoms with Crippen LogP contribution < -0.4 is 10.2 Å². The predicted molar refractivity (Wildman–Crippen MR) is 112 cm³/mol.